The highest BCUT2D eigenvalue weighted by Gasteiger charge is 2.26. The van der Waals surface area contributed by atoms with E-state index < -0.39 is 5.60 Å². The van der Waals surface area contributed by atoms with E-state index in [0.717, 1.165) is 25.0 Å². The lowest BCUT2D eigenvalue weighted by Crippen LogP contribution is -2.39. The second-order valence-corrected chi connectivity index (χ2v) is 6.68. The van der Waals surface area contributed by atoms with Crippen molar-refractivity contribution in [3.05, 3.63) is 11.9 Å². The summed E-state index contributed by atoms with van der Waals surface area (Å²) >= 11 is 0. The van der Waals surface area contributed by atoms with E-state index in [0.29, 0.717) is 12.3 Å². The zero-order valence-corrected chi connectivity index (χ0v) is 13.8. The Morgan fingerprint density at radius 3 is 2.77 bits per heavy atom. The third kappa shape index (κ3) is 4.37. The highest BCUT2D eigenvalue weighted by molar-refractivity contribution is 5.68. The largest absolute Gasteiger partial charge is 0.444 e. The van der Waals surface area contributed by atoms with Crippen molar-refractivity contribution in [3.8, 4) is 0 Å². The van der Waals surface area contributed by atoms with E-state index in [2.05, 4.69) is 10.4 Å². The number of carbonyl (C=O) groups excluding carboxylic acids is 1. The highest BCUT2D eigenvalue weighted by atomic mass is 16.6. The smallest absolute Gasteiger partial charge is 0.407 e. The van der Waals surface area contributed by atoms with Crippen LogP contribution in [0.3, 0.4) is 0 Å². The van der Waals surface area contributed by atoms with Gasteiger partial charge in [0.25, 0.3) is 0 Å². The molecule has 1 aromatic rings. The summed E-state index contributed by atoms with van der Waals surface area (Å²) < 4.78 is 12.9. The number of hydrogen-bond acceptors (Lipinski definition) is 5. The molecule has 1 aliphatic heterocycles. The fourth-order valence-electron chi connectivity index (χ4n) is 2.63. The maximum absolute atomic E-state index is 11.8. The van der Waals surface area contributed by atoms with Crippen molar-refractivity contribution in [1.82, 2.24) is 15.1 Å². The third-order valence-corrected chi connectivity index (χ3v) is 3.60. The average molecular weight is 310 g/mol. The van der Waals surface area contributed by atoms with Crippen LogP contribution in [0.5, 0.6) is 0 Å². The number of nitrogen functional groups attached to an aromatic ring is 1. The summed E-state index contributed by atoms with van der Waals surface area (Å²) in [6.45, 7) is 6.12. The monoisotopic (exact) mass is 310 g/mol. The van der Waals surface area contributed by atoms with Gasteiger partial charge in [-0.3, -0.25) is 4.68 Å². The summed E-state index contributed by atoms with van der Waals surface area (Å²) in [5.74, 6) is 0. The molecule has 0 saturated carbocycles. The van der Waals surface area contributed by atoms with Crippen molar-refractivity contribution in [2.75, 3.05) is 12.3 Å². The quantitative estimate of drug-likeness (QED) is 0.873. The molecule has 2 heterocycles. The van der Waals surface area contributed by atoms with Gasteiger partial charge in [-0.25, -0.2) is 4.79 Å². The zero-order chi connectivity index (χ0) is 16.3. The molecule has 22 heavy (non-hydrogen) atoms. The number of anilines is 1. The maximum Gasteiger partial charge on any atom is 0.407 e. The molecule has 3 N–H and O–H groups in total. The first kappa shape index (κ1) is 16.6. The maximum atomic E-state index is 11.8. The lowest BCUT2D eigenvalue weighted by atomic mass is 10.0. The fraction of sp³-hybridized carbons (Fsp3) is 0.733. The van der Waals surface area contributed by atoms with Crippen LogP contribution in [0.25, 0.3) is 0 Å². The SMILES string of the molecule is Cn1ncc(N)c1C1CCC(NC(=O)OC(C)(C)C)CCO1. The van der Waals surface area contributed by atoms with E-state index in [-0.39, 0.29) is 18.2 Å². The first-order valence-corrected chi connectivity index (χ1v) is 7.65. The number of alkyl carbamates (subject to hydrolysis) is 1. The number of nitrogens with one attached hydrogen (secondary N) is 1. The topological polar surface area (TPSA) is 91.4 Å². The van der Waals surface area contributed by atoms with Gasteiger partial charge in [0.2, 0.25) is 0 Å². The molecular formula is C15H26N4O3. The number of carbonyl (C=O) groups is 1. The Kier molecular flexibility index (Phi) is 4.95. The number of amides is 1. The Morgan fingerprint density at radius 1 is 1.45 bits per heavy atom. The van der Waals surface area contributed by atoms with Crippen LogP contribution in [-0.2, 0) is 16.5 Å². The van der Waals surface area contributed by atoms with Gasteiger partial charge in [0.15, 0.2) is 0 Å². The van der Waals surface area contributed by atoms with Crippen LogP contribution >= 0.6 is 0 Å². The molecule has 0 spiro atoms. The molecule has 2 atom stereocenters. The first-order valence-electron chi connectivity index (χ1n) is 7.65. The second kappa shape index (κ2) is 6.56. The number of nitrogens with two attached hydrogens (primary N) is 1. The Bertz CT molecular complexity index is 502. The summed E-state index contributed by atoms with van der Waals surface area (Å²) in [5.41, 5.74) is 7.01. The summed E-state index contributed by atoms with van der Waals surface area (Å²) in [6.07, 6.45) is 3.53. The number of rotatable bonds is 2. The molecule has 1 aromatic heterocycles. The van der Waals surface area contributed by atoms with E-state index >= 15 is 0 Å². The van der Waals surface area contributed by atoms with Gasteiger partial charge in [-0.1, -0.05) is 0 Å². The molecule has 0 bridgehead atoms. The molecule has 0 aliphatic carbocycles. The summed E-state index contributed by atoms with van der Waals surface area (Å²) in [4.78, 5) is 11.8. The Hall–Kier alpha value is -1.76. The number of aromatic nitrogens is 2. The van der Waals surface area contributed by atoms with Gasteiger partial charge in [-0.05, 0) is 40.0 Å². The molecule has 124 valence electrons. The predicted octanol–water partition coefficient (Wildman–Crippen LogP) is 2.14. The molecule has 2 unspecified atom stereocenters. The van der Waals surface area contributed by atoms with Crippen LogP contribution in [0.4, 0.5) is 10.5 Å². The van der Waals surface area contributed by atoms with Crippen LogP contribution in [0.15, 0.2) is 6.20 Å². The minimum Gasteiger partial charge on any atom is -0.444 e. The van der Waals surface area contributed by atoms with Crippen LogP contribution in [-0.4, -0.2) is 34.1 Å². The fourth-order valence-corrected chi connectivity index (χ4v) is 2.63. The van der Waals surface area contributed by atoms with Crippen molar-refractivity contribution < 1.29 is 14.3 Å². The van der Waals surface area contributed by atoms with Gasteiger partial charge >= 0.3 is 6.09 Å². The second-order valence-electron chi connectivity index (χ2n) is 6.68. The number of hydrogen-bond donors (Lipinski definition) is 2. The summed E-state index contributed by atoms with van der Waals surface area (Å²) in [7, 11) is 1.86. The molecule has 2 rings (SSSR count). The summed E-state index contributed by atoms with van der Waals surface area (Å²) in [6, 6.07) is 0.0503. The van der Waals surface area contributed by atoms with E-state index in [4.69, 9.17) is 15.2 Å². The van der Waals surface area contributed by atoms with Crippen LogP contribution in [0.1, 0.15) is 51.8 Å². The first-order chi connectivity index (χ1) is 10.3. The molecule has 1 aliphatic rings. The van der Waals surface area contributed by atoms with Gasteiger partial charge < -0.3 is 20.5 Å². The van der Waals surface area contributed by atoms with Gasteiger partial charge in [0.05, 0.1) is 17.6 Å². The van der Waals surface area contributed by atoms with Gasteiger partial charge in [0, 0.05) is 19.7 Å². The van der Waals surface area contributed by atoms with Crippen molar-refractivity contribution >= 4 is 11.8 Å². The Balaban J connectivity index is 1.92. The Labute approximate surface area is 131 Å². The minimum absolute atomic E-state index is 0.0503. The van der Waals surface area contributed by atoms with Crippen LogP contribution < -0.4 is 11.1 Å². The number of nitrogens with zero attached hydrogens (tertiary/aromatic N) is 2. The molecule has 0 radical (unpaired) electrons. The van der Waals surface area contributed by atoms with Crippen molar-refractivity contribution in [2.24, 2.45) is 7.05 Å². The standard InChI is InChI=1S/C15H26N4O3/c1-15(2,3)22-14(20)18-10-5-6-12(21-8-7-10)13-11(16)9-17-19(13)4/h9-10,12H,5-8,16H2,1-4H3,(H,18,20). The molecule has 7 heteroatoms. The molecule has 1 fully saturated rings. The molecular weight excluding hydrogens is 284 g/mol. The molecule has 1 saturated heterocycles. The normalized spacial score (nSPS) is 22.9. The van der Waals surface area contributed by atoms with Crippen molar-refractivity contribution in [2.45, 2.75) is 57.8 Å². The van der Waals surface area contributed by atoms with Crippen LogP contribution in [0.2, 0.25) is 0 Å². The van der Waals surface area contributed by atoms with E-state index in [9.17, 15) is 4.79 Å². The van der Waals surface area contributed by atoms with Crippen molar-refractivity contribution in [1.29, 1.82) is 0 Å². The third-order valence-electron chi connectivity index (χ3n) is 3.60. The number of aryl methyl sites for hydroxylation is 1. The molecule has 7 nitrogen and oxygen atoms in total. The van der Waals surface area contributed by atoms with E-state index in [1.54, 1.807) is 10.9 Å². The van der Waals surface area contributed by atoms with Gasteiger partial charge in [0.1, 0.15) is 11.7 Å². The average Bonchev–Trinajstić information content (AvgIpc) is 2.59. The number of ether oxygens (including phenoxy) is 2. The van der Waals surface area contributed by atoms with Crippen LogP contribution in [0, 0.1) is 0 Å². The molecule has 0 aromatic carbocycles. The van der Waals surface area contributed by atoms with Gasteiger partial charge in [-0.15, -0.1) is 0 Å². The van der Waals surface area contributed by atoms with Gasteiger partial charge in [-0.2, -0.15) is 5.10 Å². The lowest BCUT2D eigenvalue weighted by Gasteiger charge is -2.22. The minimum atomic E-state index is -0.489. The highest BCUT2D eigenvalue weighted by Crippen LogP contribution is 2.30. The lowest BCUT2D eigenvalue weighted by molar-refractivity contribution is 0.0477. The zero-order valence-electron chi connectivity index (χ0n) is 13.8. The van der Waals surface area contributed by atoms with Crippen molar-refractivity contribution in [3.63, 3.8) is 0 Å². The van der Waals surface area contributed by atoms with E-state index in [1.165, 1.54) is 0 Å². The van der Waals surface area contributed by atoms with E-state index in [1.807, 2.05) is 27.8 Å². The molecule has 1 amide bonds. The Morgan fingerprint density at radius 2 is 2.18 bits per heavy atom. The summed E-state index contributed by atoms with van der Waals surface area (Å²) in [5, 5.41) is 7.07. The predicted molar refractivity (Wildman–Crippen MR) is 83.3 cm³/mol.